The second-order valence-corrected chi connectivity index (χ2v) is 7.36. The van der Waals surface area contributed by atoms with Crippen molar-refractivity contribution in [2.45, 2.75) is 39.3 Å². The van der Waals surface area contributed by atoms with Crippen LogP contribution in [0.2, 0.25) is 0 Å². The molecule has 0 aliphatic heterocycles. The van der Waals surface area contributed by atoms with Gasteiger partial charge in [-0.3, -0.25) is 4.79 Å². The standard InChI is InChI=1S/C20H28N2O6/c1-5-26-18(25)12-28-16-8-7-15(14-6-9-17(24)22-19(14)16)27-11-13(23)10-21-20(2,3)4/h6-9,13,21,23H,5,10-12H2,1-4H3,(H,22,24). The topological polar surface area (TPSA) is 110 Å². The van der Waals surface area contributed by atoms with E-state index in [1.807, 2.05) is 20.8 Å². The van der Waals surface area contributed by atoms with Crippen LogP contribution >= 0.6 is 0 Å². The van der Waals surface area contributed by atoms with Gasteiger partial charge in [0.2, 0.25) is 5.56 Å². The fraction of sp³-hybridized carbons (Fsp3) is 0.500. The van der Waals surface area contributed by atoms with Crippen molar-refractivity contribution in [2.75, 3.05) is 26.4 Å². The minimum absolute atomic E-state index is 0.0837. The van der Waals surface area contributed by atoms with Gasteiger partial charge in [0, 0.05) is 23.5 Å². The maximum atomic E-state index is 11.7. The van der Waals surface area contributed by atoms with E-state index in [9.17, 15) is 14.7 Å². The van der Waals surface area contributed by atoms with Gasteiger partial charge in [-0.05, 0) is 45.9 Å². The molecule has 154 valence electrons. The zero-order valence-corrected chi connectivity index (χ0v) is 16.7. The normalized spacial score (nSPS) is 12.6. The molecule has 1 heterocycles. The maximum absolute atomic E-state index is 11.7. The Hall–Kier alpha value is -2.58. The third kappa shape index (κ3) is 6.54. The summed E-state index contributed by atoms with van der Waals surface area (Å²) in [6, 6.07) is 6.26. The van der Waals surface area contributed by atoms with Crippen molar-refractivity contribution in [1.82, 2.24) is 10.3 Å². The van der Waals surface area contributed by atoms with Gasteiger partial charge < -0.3 is 29.6 Å². The van der Waals surface area contributed by atoms with Crippen molar-refractivity contribution in [3.63, 3.8) is 0 Å². The molecule has 0 amide bonds. The highest BCUT2D eigenvalue weighted by Crippen LogP contribution is 2.31. The number of aromatic nitrogens is 1. The quantitative estimate of drug-likeness (QED) is 0.556. The van der Waals surface area contributed by atoms with Gasteiger partial charge in [-0.1, -0.05) is 0 Å². The minimum atomic E-state index is -0.697. The predicted octanol–water partition coefficient (Wildman–Crippen LogP) is 1.60. The number of pyridine rings is 1. The number of hydrogen-bond donors (Lipinski definition) is 3. The molecule has 1 atom stereocenters. The van der Waals surface area contributed by atoms with Crippen LogP contribution < -0.4 is 20.3 Å². The van der Waals surface area contributed by atoms with E-state index in [2.05, 4.69) is 10.3 Å². The third-order valence-corrected chi connectivity index (χ3v) is 3.77. The zero-order valence-electron chi connectivity index (χ0n) is 16.7. The Morgan fingerprint density at radius 3 is 2.57 bits per heavy atom. The number of nitrogens with one attached hydrogen (secondary N) is 2. The summed E-state index contributed by atoms with van der Waals surface area (Å²) in [6.45, 7) is 8.22. The average Bonchev–Trinajstić information content (AvgIpc) is 2.62. The molecule has 3 N–H and O–H groups in total. The highest BCUT2D eigenvalue weighted by atomic mass is 16.6. The Bertz CT molecular complexity index is 856. The molecule has 28 heavy (non-hydrogen) atoms. The van der Waals surface area contributed by atoms with E-state index in [4.69, 9.17) is 14.2 Å². The molecule has 1 unspecified atom stereocenters. The highest BCUT2D eigenvalue weighted by molar-refractivity contribution is 5.90. The lowest BCUT2D eigenvalue weighted by molar-refractivity contribution is -0.145. The van der Waals surface area contributed by atoms with Gasteiger partial charge in [-0.2, -0.15) is 0 Å². The number of aliphatic hydroxyl groups is 1. The lowest BCUT2D eigenvalue weighted by Gasteiger charge is -2.23. The van der Waals surface area contributed by atoms with Crippen LogP contribution in [-0.4, -0.2) is 54.1 Å². The number of aromatic amines is 1. The summed E-state index contributed by atoms with van der Waals surface area (Å²) in [5.74, 6) is 0.330. The lowest BCUT2D eigenvalue weighted by atomic mass is 10.1. The third-order valence-electron chi connectivity index (χ3n) is 3.77. The van der Waals surface area contributed by atoms with E-state index in [1.165, 1.54) is 6.07 Å². The number of benzene rings is 1. The summed E-state index contributed by atoms with van der Waals surface area (Å²) in [6.07, 6.45) is -0.697. The van der Waals surface area contributed by atoms with Crippen molar-refractivity contribution in [1.29, 1.82) is 0 Å². The van der Waals surface area contributed by atoms with Gasteiger partial charge in [-0.25, -0.2) is 4.79 Å². The zero-order chi connectivity index (χ0) is 20.7. The maximum Gasteiger partial charge on any atom is 0.344 e. The number of H-pyrrole nitrogens is 1. The molecule has 0 spiro atoms. The smallest absolute Gasteiger partial charge is 0.344 e. The number of hydrogen-bond acceptors (Lipinski definition) is 7. The molecule has 8 heteroatoms. The van der Waals surface area contributed by atoms with E-state index in [-0.39, 0.29) is 30.9 Å². The summed E-state index contributed by atoms with van der Waals surface area (Å²) < 4.78 is 16.1. The Kier molecular flexibility index (Phi) is 7.42. The molecule has 1 aromatic heterocycles. The molecule has 0 aliphatic carbocycles. The molecule has 2 rings (SSSR count). The molecule has 1 aromatic carbocycles. The first kappa shape index (κ1) is 21.7. The summed E-state index contributed by atoms with van der Waals surface area (Å²) in [5, 5.41) is 13.9. The van der Waals surface area contributed by atoms with Crippen LogP contribution in [0.25, 0.3) is 10.9 Å². The largest absolute Gasteiger partial charge is 0.490 e. The van der Waals surface area contributed by atoms with Crippen molar-refractivity contribution in [2.24, 2.45) is 0 Å². The summed E-state index contributed by atoms with van der Waals surface area (Å²) in [5.41, 5.74) is 0.00193. The number of carbonyl (C=O) groups is 1. The van der Waals surface area contributed by atoms with Crippen LogP contribution in [0.4, 0.5) is 0 Å². The van der Waals surface area contributed by atoms with Gasteiger partial charge in [0.1, 0.15) is 24.2 Å². The molecular formula is C20H28N2O6. The first-order valence-electron chi connectivity index (χ1n) is 9.20. The second-order valence-electron chi connectivity index (χ2n) is 7.36. The van der Waals surface area contributed by atoms with Crippen LogP contribution in [0, 0.1) is 0 Å². The lowest BCUT2D eigenvalue weighted by Crippen LogP contribution is -2.42. The number of β-amino-alcohol motifs (C(OH)–C–C–N with tert-alkyl or cyclic N) is 1. The molecule has 0 saturated heterocycles. The molecule has 0 fully saturated rings. The molecule has 0 aliphatic rings. The van der Waals surface area contributed by atoms with Crippen molar-refractivity contribution in [3.8, 4) is 11.5 Å². The van der Waals surface area contributed by atoms with E-state index in [0.717, 1.165) is 0 Å². The number of esters is 1. The highest BCUT2D eigenvalue weighted by Gasteiger charge is 2.15. The van der Waals surface area contributed by atoms with E-state index < -0.39 is 12.1 Å². The molecule has 8 nitrogen and oxygen atoms in total. The minimum Gasteiger partial charge on any atom is -0.490 e. The van der Waals surface area contributed by atoms with Gasteiger partial charge >= 0.3 is 5.97 Å². The number of carbonyl (C=O) groups excluding carboxylic acids is 1. The summed E-state index contributed by atoms with van der Waals surface area (Å²) >= 11 is 0. The van der Waals surface area contributed by atoms with Crippen LogP contribution in [0.3, 0.4) is 0 Å². The Morgan fingerprint density at radius 2 is 1.89 bits per heavy atom. The molecule has 0 bridgehead atoms. The van der Waals surface area contributed by atoms with Crippen molar-refractivity contribution >= 4 is 16.9 Å². The van der Waals surface area contributed by atoms with Gasteiger partial charge in [0.15, 0.2) is 6.61 Å². The van der Waals surface area contributed by atoms with Crippen LogP contribution in [0.1, 0.15) is 27.7 Å². The van der Waals surface area contributed by atoms with Gasteiger partial charge in [-0.15, -0.1) is 0 Å². The Labute approximate surface area is 163 Å². The monoisotopic (exact) mass is 392 g/mol. The number of aliphatic hydroxyl groups excluding tert-OH is 1. The number of ether oxygens (including phenoxy) is 3. The molecule has 2 aromatic rings. The van der Waals surface area contributed by atoms with Crippen molar-refractivity contribution < 1.29 is 24.1 Å². The van der Waals surface area contributed by atoms with Crippen molar-refractivity contribution in [3.05, 3.63) is 34.6 Å². The second kappa shape index (κ2) is 9.57. The fourth-order valence-electron chi connectivity index (χ4n) is 2.45. The van der Waals surface area contributed by atoms with Gasteiger partial charge in [0.25, 0.3) is 0 Å². The summed E-state index contributed by atoms with van der Waals surface area (Å²) in [4.78, 5) is 26.0. The molecular weight excluding hydrogens is 364 g/mol. The van der Waals surface area contributed by atoms with E-state index >= 15 is 0 Å². The van der Waals surface area contributed by atoms with Crippen LogP contribution in [0.5, 0.6) is 11.5 Å². The molecule has 0 saturated carbocycles. The SMILES string of the molecule is CCOC(=O)COc1ccc(OCC(O)CNC(C)(C)C)c2ccc(=O)[nH]c12. The van der Waals surface area contributed by atoms with Crippen LogP contribution in [0.15, 0.2) is 29.1 Å². The summed E-state index contributed by atoms with van der Waals surface area (Å²) in [7, 11) is 0. The molecule has 0 radical (unpaired) electrons. The average molecular weight is 392 g/mol. The van der Waals surface area contributed by atoms with E-state index in [0.29, 0.717) is 28.9 Å². The first-order valence-corrected chi connectivity index (χ1v) is 9.20. The van der Waals surface area contributed by atoms with Gasteiger partial charge in [0.05, 0.1) is 12.1 Å². The number of rotatable bonds is 9. The first-order chi connectivity index (χ1) is 13.2. The fourth-order valence-corrected chi connectivity index (χ4v) is 2.45. The van der Waals surface area contributed by atoms with E-state index in [1.54, 1.807) is 25.1 Å². The number of fused-ring (bicyclic) bond motifs is 1. The Morgan fingerprint density at radius 1 is 1.18 bits per heavy atom. The predicted molar refractivity (Wildman–Crippen MR) is 106 cm³/mol. The van der Waals surface area contributed by atoms with Crippen LogP contribution in [-0.2, 0) is 9.53 Å². The Balaban J connectivity index is 2.14.